The molecule has 0 aromatic rings. The van der Waals surface area contributed by atoms with Crippen LogP contribution in [-0.4, -0.2) is 32.5 Å². The Hall–Kier alpha value is -0.290. The minimum absolute atomic E-state index is 0.102. The lowest BCUT2D eigenvalue weighted by Crippen LogP contribution is -2.41. The van der Waals surface area contributed by atoms with Gasteiger partial charge in [0.1, 0.15) is 0 Å². The second-order valence-electron chi connectivity index (χ2n) is 5.09. The van der Waals surface area contributed by atoms with Gasteiger partial charge in [-0.2, -0.15) is 13.2 Å². The Kier molecular flexibility index (Phi) is 4.62. The molecule has 0 saturated carbocycles. The number of nitrogens with one attached hydrogen (secondary N) is 1. The molecule has 1 saturated heterocycles. The summed E-state index contributed by atoms with van der Waals surface area (Å²) in [7, 11) is 0. The average molecular weight is 239 g/mol. The lowest BCUT2D eigenvalue weighted by molar-refractivity contribution is -0.126. The zero-order valence-corrected chi connectivity index (χ0v) is 9.86. The highest BCUT2D eigenvalue weighted by Crippen LogP contribution is 2.33. The van der Waals surface area contributed by atoms with Crippen molar-refractivity contribution in [1.82, 2.24) is 5.32 Å². The standard InChI is InChI=1S/C11H20F3NO/c1-10(2,7-15-8-11(12,13)14)9-3-5-16-6-4-9/h9,15H,3-8H2,1-2H3. The molecule has 96 valence electrons. The first-order valence-electron chi connectivity index (χ1n) is 5.66. The van der Waals surface area contributed by atoms with E-state index in [1.165, 1.54) is 0 Å². The highest BCUT2D eigenvalue weighted by molar-refractivity contribution is 4.82. The Bertz CT molecular complexity index is 210. The second-order valence-corrected chi connectivity index (χ2v) is 5.09. The van der Waals surface area contributed by atoms with Crippen LogP contribution in [0, 0.1) is 11.3 Å². The van der Waals surface area contributed by atoms with Gasteiger partial charge in [0.15, 0.2) is 0 Å². The van der Waals surface area contributed by atoms with E-state index in [0.29, 0.717) is 12.5 Å². The molecule has 1 fully saturated rings. The Morgan fingerprint density at radius 3 is 2.19 bits per heavy atom. The van der Waals surface area contributed by atoms with Crippen LogP contribution in [0.15, 0.2) is 0 Å². The van der Waals surface area contributed by atoms with Crippen LogP contribution in [0.5, 0.6) is 0 Å². The van der Waals surface area contributed by atoms with Gasteiger partial charge >= 0.3 is 6.18 Å². The number of halogens is 3. The van der Waals surface area contributed by atoms with E-state index in [0.717, 1.165) is 26.1 Å². The van der Waals surface area contributed by atoms with Crippen molar-refractivity contribution in [1.29, 1.82) is 0 Å². The second kappa shape index (κ2) is 5.36. The zero-order chi connectivity index (χ0) is 12.2. The summed E-state index contributed by atoms with van der Waals surface area (Å²) in [4.78, 5) is 0. The third kappa shape index (κ3) is 4.70. The van der Waals surface area contributed by atoms with Gasteiger partial charge in [0.05, 0.1) is 6.54 Å². The molecular formula is C11H20F3NO. The third-order valence-corrected chi connectivity index (χ3v) is 3.23. The van der Waals surface area contributed by atoms with Crippen molar-refractivity contribution in [2.75, 3.05) is 26.3 Å². The van der Waals surface area contributed by atoms with Gasteiger partial charge in [0, 0.05) is 19.8 Å². The molecule has 0 unspecified atom stereocenters. The van der Waals surface area contributed by atoms with Crippen molar-refractivity contribution >= 4 is 0 Å². The summed E-state index contributed by atoms with van der Waals surface area (Å²) >= 11 is 0. The molecule has 0 aromatic heterocycles. The van der Waals surface area contributed by atoms with Gasteiger partial charge in [0.2, 0.25) is 0 Å². The number of rotatable bonds is 4. The van der Waals surface area contributed by atoms with Crippen LogP contribution in [0.25, 0.3) is 0 Å². The fraction of sp³-hybridized carbons (Fsp3) is 1.00. The van der Waals surface area contributed by atoms with Crippen LogP contribution < -0.4 is 5.32 Å². The maximum absolute atomic E-state index is 12.0. The summed E-state index contributed by atoms with van der Waals surface area (Å²) in [6.45, 7) is 5.00. The SMILES string of the molecule is CC(C)(CNCC(F)(F)F)C1CCOCC1. The molecule has 2 nitrogen and oxygen atoms in total. The van der Waals surface area contributed by atoms with E-state index in [2.05, 4.69) is 5.32 Å². The molecule has 0 aromatic carbocycles. The fourth-order valence-electron chi connectivity index (χ4n) is 2.15. The lowest BCUT2D eigenvalue weighted by atomic mass is 9.74. The third-order valence-electron chi connectivity index (χ3n) is 3.23. The molecule has 1 rings (SSSR count). The number of hydrogen-bond donors (Lipinski definition) is 1. The normalized spacial score (nSPS) is 20.1. The first-order valence-corrected chi connectivity index (χ1v) is 5.66. The van der Waals surface area contributed by atoms with Gasteiger partial charge < -0.3 is 10.1 Å². The van der Waals surface area contributed by atoms with E-state index in [1.807, 2.05) is 13.8 Å². The van der Waals surface area contributed by atoms with Gasteiger partial charge in [-0.1, -0.05) is 13.8 Å². The van der Waals surface area contributed by atoms with Crippen molar-refractivity contribution in [2.45, 2.75) is 32.9 Å². The molecular weight excluding hydrogens is 219 g/mol. The molecule has 0 amide bonds. The molecule has 5 heteroatoms. The number of ether oxygens (including phenoxy) is 1. The largest absolute Gasteiger partial charge is 0.401 e. The van der Waals surface area contributed by atoms with Crippen LogP contribution in [0.2, 0.25) is 0 Å². The van der Waals surface area contributed by atoms with Crippen LogP contribution in [0.3, 0.4) is 0 Å². The molecule has 0 bridgehead atoms. The lowest BCUT2D eigenvalue weighted by Gasteiger charge is -2.37. The minimum Gasteiger partial charge on any atom is -0.381 e. The van der Waals surface area contributed by atoms with E-state index < -0.39 is 12.7 Å². The molecule has 0 aliphatic carbocycles. The predicted molar refractivity (Wildman–Crippen MR) is 56.2 cm³/mol. The number of hydrogen-bond acceptors (Lipinski definition) is 2. The van der Waals surface area contributed by atoms with Crippen molar-refractivity contribution < 1.29 is 17.9 Å². The van der Waals surface area contributed by atoms with E-state index in [9.17, 15) is 13.2 Å². The Balaban J connectivity index is 2.32. The molecule has 1 aliphatic heterocycles. The van der Waals surface area contributed by atoms with Crippen LogP contribution in [-0.2, 0) is 4.74 Å². The topological polar surface area (TPSA) is 21.3 Å². The van der Waals surface area contributed by atoms with Crippen molar-refractivity contribution in [3.63, 3.8) is 0 Å². The summed E-state index contributed by atoms with van der Waals surface area (Å²) in [5.74, 6) is 0.446. The molecule has 1 aliphatic rings. The van der Waals surface area contributed by atoms with Gasteiger partial charge in [-0.05, 0) is 24.2 Å². The van der Waals surface area contributed by atoms with Gasteiger partial charge in [-0.25, -0.2) is 0 Å². The van der Waals surface area contributed by atoms with Crippen LogP contribution in [0.4, 0.5) is 13.2 Å². The molecule has 1 N–H and O–H groups in total. The van der Waals surface area contributed by atoms with E-state index in [4.69, 9.17) is 4.74 Å². The molecule has 0 radical (unpaired) electrons. The first-order chi connectivity index (χ1) is 7.31. The summed E-state index contributed by atoms with van der Waals surface area (Å²) in [5, 5.41) is 2.50. The Morgan fingerprint density at radius 2 is 1.69 bits per heavy atom. The highest BCUT2D eigenvalue weighted by Gasteiger charge is 2.32. The van der Waals surface area contributed by atoms with Crippen molar-refractivity contribution in [3.05, 3.63) is 0 Å². The maximum Gasteiger partial charge on any atom is 0.401 e. The van der Waals surface area contributed by atoms with Crippen LogP contribution in [0.1, 0.15) is 26.7 Å². The molecule has 0 spiro atoms. The van der Waals surface area contributed by atoms with Gasteiger partial charge in [0.25, 0.3) is 0 Å². The van der Waals surface area contributed by atoms with Gasteiger partial charge in [-0.3, -0.25) is 0 Å². The number of alkyl halides is 3. The predicted octanol–water partition coefficient (Wildman–Crippen LogP) is 2.59. The van der Waals surface area contributed by atoms with E-state index in [-0.39, 0.29) is 5.41 Å². The summed E-state index contributed by atoms with van der Waals surface area (Å²) in [5.41, 5.74) is -0.102. The summed E-state index contributed by atoms with van der Waals surface area (Å²) in [6.07, 6.45) is -2.23. The van der Waals surface area contributed by atoms with E-state index in [1.54, 1.807) is 0 Å². The smallest absolute Gasteiger partial charge is 0.381 e. The van der Waals surface area contributed by atoms with E-state index >= 15 is 0 Å². The summed E-state index contributed by atoms with van der Waals surface area (Å²) < 4.78 is 41.2. The van der Waals surface area contributed by atoms with Crippen LogP contribution >= 0.6 is 0 Å². The molecule has 16 heavy (non-hydrogen) atoms. The first kappa shape index (κ1) is 13.8. The maximum atomic E-state index is 12.0. The monoisotopic (exact) mass is 239 g/mol. The molecule has 0 atom stereocenters. The minimum atomic E-state index is -4.12. The highest BCUT2D eigenvalue weighted by atomic mass is 19.4. The van der Waals surface area contributed by atoms with Gasteiger partial charge in [-0.15, -0.1) is 0 Å². The zero-order valence-electron chi connectivity index (χ0n) is 9.86. The average Bonchev–Trinajstić information content (AvgIpc) is 2.17. The summed E-state index contributed by atoms with van der Waals surface area (Å²) in [6, 6.07) is 0. The van der Waals surface area contributed by atoms with Crippen molar-refractivity contribution in [3.8, 4) is 0 Å². The fourth-order valence-corrected chi connectivity index (χ4v) is 2.15. The van der Waals surface area contributed by atoms with Crippen molar-refractivity contribution in [2.24, 2.45) is 11.3 Å². The molecule has 1 heterocycles. The Labute approximate surface area is 94.5 Å². The quantitative estimate of drug-likeness (QED) is 0.814. The Morgan fingerprint density at radius 1 is 1.12 bits per heavy atom.